The average molecular weight is 570 g/mol. The minimum absolute atomic E-state index is 0.110. The molecular formula is C31H34Cl2N2O2S. The lowest BCUT2D eigenvalue weighted by molar-refractivity contribution is -0.139. The Morgan fingerprint density at radius 3 is 2.08 bits per heavy atom. The van der Waals surface area contributed by atoms with E-state index in [0.29, 0.717) is 27.8 Å². The molecule has 1 aliphatic carbocycles. The zero-order chi connectivity index (χ0) is 26.7. The van der Waals surface area contributed by atoms with Crippen LogP contribution in [0.25, 0.3) is 0 Å². The van der Waals surface area contributed by atoms with Gasteiger partial charge in [0.05, 0.1) is 5.75 Å². The number of hydrogen-bond donors (Lipinski definition) is 1. The molecule has 1 unspecified atom stereocenters. The molecule has 0 heterocycles. The van der Waals surface area contributed by atoms with Gasteiger partial charge < -0.3 is 10.2 Å². The highest BCUT2D eigenvalue weighted by molar-refractivity contribution is 7.99. The molecular weight excluding hydrogens is 535 g/mol. The van der Waals surface area contributed by atoms with Gasteiger partial charge in [-0.1, -0.05) is 109 Å². The first-order chi connectivity index (χ1) is 18.5. The molecule has 0 saturated heterocycles. The van der Waals surface area contributed by atoms with E-state index in [9.17, 15) is 9.59 Å². The van der Waals surface area contributed by atoms with Crippen LogP contribution in [0.1, 0.15) is 48.8 Å². The monoisotopic (exact) mass is 568 g/mol. The molecule has 3 aromatic rings. The van der Waals surface area contributed by atoms with Crippen molar-refractivity contribution in [3.8, 4) is 0 Å². The maximum absolute atomic E-state index is 13.8. The molecule has 0 spiro atoms. The fraction of sp³-hybridized carbons (Fsp3) is 0.355. The van der Waals surface area contributed by atoms with E-state index in [1.807, 2.05) is 48.5 Å². The predicted molar refractivity (Wildman–Crippen MR) is 159 cm³/mol. The molecule has 1 fully saturated rings. The van der Waals surface area contributed by atoms with Crippen LogP contribution < -0.4 is 5.32 Å². The van der Waals surface area contributed by atoms with Crippen molar-refractivity contribution in [3.63, 3.8) is 0 Å². The maximum atomic E-state index is 13.8. The van der Waals surface area contributed by atoms with Crippen LogP contribution in [0, 0.1) is 0 Å². The SMILES string of the molecule is O=C(NC1CCCCC1)C(Cc1ccccc1)N(Cc1c(Cl)cccc1Cl)C(=O)CSCc1ccccc1. The molecule has 200 valence electrons. The second-order valence-electron chi connectivity index (χ2n) is 9.75. The van der Waals surface area contributed by atoms with Crippen molar-refractivity contribution in [1.29, 1.82) is 0 Å². The summed E-state index contributed by atoms with van der Waals surface area (Å²) < 4.78 is 0. The number of nitrogens with zero attached hydrogens (tertiary/aromatic N) is 1. The molecule has 0 bridgehead atoms. The number of halogens is 2. The van der Waals surface area contributed by atoms with E-state index < -0.39 is 6.04 Å². The molecule has 0 aromatic heterocycles. The smallest absolute Gasteiger partial charge is 0.243 e. The summed E-state index contributed by atoms with van der Waals surface area (Å²) in [6, 6.07) is 24.7. The van der Waals surface area contributed by atoms with Gasteiger partial charge in [-0.05, 0) is 36.1 Å². The lowest BCUT2D eigenvalue weighted by Gasteiger charge is -2.34. The van der Waals surface area contributed by atoms with E-state index in [1.165, 1.54) is 6.42 Å². The van der Waals surface area contributed by atoms with Gasteiger partial charge in [0.25, 0.3) is 0 Å². The Hall–Kier alpha value is -2.47. The highest BCUT2D eigenvalue weighted by Crippen LogP contribution is 2.28. The second kappa shape index (κ2) is 14.6. The quantitative estimate of drug-likeness (QED) is 0.263. The van der Waals surface area contributed by atoms with Gasteiger partial charge >= 0.3 is 0 Å². The van der Waals surface area contributed by atoms with Crippen molar-refractivity contribution in [2.24, 2.45) is 0 Å². The van der Waals surface area contributed by atoms with Crippen LogP contribution in [-0.2, 0) is 28.3 Å². The Kier molecular flexibility index (Phi) is 11.0. The van der Waals surface area contributed by atoms with E-state index in [-0.39, 0.29) is 30.2 Å². The third-order valence-corrected chi connectivity index (χ3v) is 8.65. The molecule has 4 rings (SSSR count). The summed E-state index contributed by atoms with van der Waals surface area (Å²) in [4.78, 5) is 29.3. The van der Waals surface area contributed by atoms with Gasteiger partial charge in [-0.3, -0.25) is 9.59 Å². The summed E-state index contributed by atoms with van der Waals surface area (Å²) in [6.07, 6.45) is 5.79. The van der Waals surface area contributed by atoms with Crippen molar-refractivity contribution in [1.82, 2.24) is 10.2 Å². The average Bonchev–Trinajstić information content (AvgIpc) is 2.93. The summed E-state index contributed by atoms with van der Waals surface area (Å²) in [5, 5.41) is 4.24. The number of carbonyl (C=O) groups excluding carboxylic acids is 2. The van der Waals surface area contributed by atoms with Crippen LogP contribution >= 0.6 is 35.0 Å². The maximum Gasteiger partial charge on any atom is 0.243 e. The molecule has 3 aromatic carbocycles. The standard InChI is InChI=1S/C31H34Cl2N2O2S/c32-27-17-10-18-28(33)26(27)20-35(30(36)22-38-21-24-13-6-2-7-14-24)29(19-23-11-4-1-5-12-23)31(37)34-25-15-8-3-9-16-25/h1-2,4-7,10-14,17-18,25,29H,3,8-9,15-16,19-22H2,(H,34,37). The van der Waals surface area contributed by atoms with Gasteiger partial charge in [0.2, 0.25) is 11.8 Å². The molecule has 38 heavy (non-hydrogen) atoms. The number of thioether (sulfide) groups is 1. The first kappa shape index (κ1) is 28.5. The van der Waals surface area contributed by atoms with Crippen LogP contribution in [0.2, 0.25) is 10.0 Å². The molecule has 0 aliphatic heterocycles. The molecule has 1 atom stereocenters. The van der Waals surface area contributed by atoms with Crippen LogP contribution in [-0.4, -0.2) is 34.6 Å². The topological polar surface area (TPSA) is 49.4 Å². The zero-order valence-corrected chi connectivity index (χ0v) is 23.8. The van der Waals surface area contributed by atoms with E-state index >= 15 is 0 Å². The number of benzene rings is 3. The van der Waals surface area contributed by atoms with Gasteiger partial charge in [-0.2, -0.15) is 0 Å². The Labute approximate surface area is 240 Å². The second-order valence-corrected chi connectivity index (χ2v) is 11.5. The Morgan fingerprint density at radius 2 is 1.45 bits per heavy atom. The van der Waals surface area contributed by atoms with Crippen molar-refractivity contribution in [2.45, 2.75) is 62.9 Å². The molecule has 1 aliphatic rings. The van der Waals surface area contributed by atoms with Crippen molar-refractivity contribution >= 4 is 46.8 Å². The highest BCUT2D eigenvalue weighted by atomic mass is 35.5. The lowest BCUT2D eigenvalue weighted by atomic mass is 9.94. The van der Waals surface area contributed by atoms with E-state index in [4.69, 9.17) is 23.2 Å². The largest absolute Gasteiger partial charge is 0.352 e. The summed E-state index contributed by atoms with van der Waals surface area (Å²) in [5.74, 6) is 0.733. The summed E-state index contributed by atoms with van der Waals surface area (Å²) in [6.45, 7) is 0.165. The number of rotatable bonds is 11. The first-order valence-electron chi connectivity index (χ1n) is 13.2. The molecule has 1 N–H and O–H groups in total. The van der Waals surface area contributed by atoms with Crippen LogP contribution in [0.5, 0.6) is 0 Å². The molecule has 2 amide bonds. The minimum Gasteiger partial charge on any atom is -0.352 e. The first-order valence-corrected chi connectivity index (χ1v) is 15.1. The van der Waals surface area contributed by atoms with Gasteiger partial charge in [-0.25, -0.2) is 0 Å². The fourth-order valence-electron chi connectivity index (χ4n) is 4.87. The molecule has 7 heteroatoms. The van der Waals surface area contributed by atoms with Crippen molar-refractivity contribution in [2.75, 3.05) is 5.75 Å². The predicted octanol–water partition coefficient (Wildman–Crippen LogP) is 7.32. The van der Waals surface area contributed by atoms with Crippen molar-refractivity contribution in [3.05, 3.63) is 106 Å². The number of nitrogens with one attached hydrogen (secondary N) is 1. The van der Waals surface area contributed by atoms with Crippen molar-refractivity contribution < 1.29 is 9.59 Å². The van der Waals surface area contributed by atoms with Gasteiger partial charge in [0, 0.05) is 40.4 Å². The van der Waals surface area contributed by atoms with Gasteiger partial charge in [0.15, 0.2) is 0 Å². The summed E-state index contributed by atoms with van der Waals surface area (Å²) in [7, 11) is 0. The summed E-state index contributed by atoms with van der Waals surface area (Å²) in [5.41, 5.74) is 2.80. The number of amides is 2. The summed E-state index contributed by atoms with van der Waals surface area (Å²) >= 11 is 14.6. The number of carbonyl (C=O) groups is 2. The van der Waals surface area contributed by atoms with E-state index in [0.717, 1.165) is 36.8 Å². The Balaban J connectivity index is 1.60. The molecule has 0 radical (unpaired) electrons. The van der Waals surface area contributed by atoms with Crippen LogP contribution in [0.15, 0.2) is 78.9 Å². The highest BCUT2D eigenvalue weighted by Gasteiger charge is 2.32. The lowest BCUT2D eigenvalue weighted by Crippen LogP contribution is -2.53. The van der Waals surface area contributed by atoms with Crippen LogP contribution in [0.3, 0.4) is 0 Å². The third-order valence-electron chi connectivity index (χ3n) is 6.95. The third kappa shape index (κ3) is 8.26. The Bertz CT molecular complexity index is 1170. The minimum atomic E-state index is -0.684. The normalized spacial score (nSPS) is 14.6. The molecule has 4 nitrogen and oxygen atoms in total. The van der Waals surface area contributed by atoms with E-state index in [1.54, 1.807) is 34.9 Å². The zero-order valence-electron chi connectivity index (χ0n) is 21.5. The van der Waals surface area contributed by atoms with Gasteiger partial charge in [0.1, 0.15) is 6.04 Å². The van der Waals surface area contributed by atoms with Gasteiger partial charge in [-0.15, -0.1) is 11.8 Å². The fourth-order valence-corrected chi connectivity index (χ4v) is 6.25. The van der Waals surface area contributed by atoms with E-state index in [2.05, 4.69) is 17.4 Å². The Morgan fingerprint density at radius 1 is 0.842 bits per heavy atom. The molecule has 1 saturated carbocycles. The van der Waals surface area contributed by atoms with Crippen LogP contribution in [0.4, 0.5) is 0 Å². The number of hydrogen-bond acceptors (Lipinski definition) is 3.